The minimum Gasteiger partial charge on any atom is -0.458 e. The third-order valence-electron chi connectivity index (χ3n) is 10.7. The second-order valence-electron chi connectivity index (χ2n) is 13.5. The number of aldehydes is 1. The van der Waals surface area contributed by atoms with Crippen LogP contribution in [0.2, 0.25) is 0 Å². The van der Waals surface area contributed by atoms with Gasteiger partial charge in [0.15, 0.2) is 6.54 Å². The van der Waals surface area contributed by atoms with Crippen LogP contribution in [-0.2, 0) is 23.9 Å². The van der Waals surface area contributed by atoms with Crippen LogP contribution in [0.1, 0.15) is 64.7 Å². The Labute approximate surface area is 213 Å². The van der Waals surface area contributed by atoms with Gasteiger partial charge in [0.1, 0.15) is 19.0 Å². The number of hydrogen-bond donors (Lipinski definition) is 2. The topological polar surface area (TPSA) is 110 Å². The van der Waals surface area contributed by atoms with Crippen LogP contribution in [0.4, 0.5) is 0 Å². The van der Waals surface area contributed by atoms with Crippen molar-refractivity contribution in [2.75, 3.05) is 34.3 Å². The smallest absolute Gasteiger partial charge is 0.362 e. The summed E-state index contributed by atoms with van der Waals surface area (Å²) in [6.45, 7) is 2.69. The number of likely N-dealkylation sites (N-methyl/N-ethyl adjacent to an activating group) is 1. The number of hydrogen-bond acceptors (Lipinski definition) is 7. The van der Waals surface area contributed by atoms with E-state index in [2.05, 4.69) is 6.92 Å². The Balaban J connectivity index is 1.38. The number of rotatable bonds is 5. The molecule has 8 nitrogen and oxygen atoms in total. The van der Waals surface area contributed by atoms with E-state index in [1.54, 1.807) is 6.08 Å². The van der Waals surface area contributed by atoms with Gasteiger partial charge in [-0.1, -0.05) is 6.92 Å². The van der Waals surface area contributed by atoms with Crippen molar-refractivity contribution in [2.24, 2.45) is 28.6 Å². The van der Waals surface area contributed by atoms with Gasteiger partial charge in [-0.3, -0.25) is 0 Å². The van der Waals surface area contributed by atoms with Gasteiger partial charge in [-0.05, 0) is 74.7 Å². The predicted octanol–water partition coefficient (Wildman–Crippen LogP) is 2.16. The molecule has 5 rings (SSSR count). The third kappa shape index (κ3) is 3.70. The summed E-state index contributed by atoms with van der Waals surface area (Å²) in [4.78, 5) is 37.1. The molecule has 4 saturated carbocycles. The fraction of sp³-hybridized carbons (Fsp3) is 0.821. The summed E-state index contributed by atoms with van der Waals surface area (Å²) < 4.78 is 11.4. The largest absolute Gasteiger partial charge is 0.458 e. The standard InChI is InChI=1S/C28H42NO7/c1-25-9-6-21-22(28(25,34)12-8-20(25)18-13-23(31)35-16-18)7-11-27(33)14-19(5-10-26(21,27)17-30)36-24(32)15-29(2,3)4/h13,17,19-22,33-34H,5-12,14-16H2,1-4H3/q+1/t19-,20+,21-,22+,25+,26+,27+,28+/m1/s1. The second kappa shape index (κ2) is 8.37. The van der Waals surface area contributed by atoms with Gasteiger partial charge in [-0.25, -0.2) is 9.59 Å². The van der Waals surface area contributed by atoms with Crippen molar-refractivity contribution < 1.29 is 38.6 Å². The highest BCUT2D eigenvalue weighted by atomic mass is 16.5. The zero-order valence-electron chi connectivity index (χ0n) is 22.1. The molecule has 4 fully saturated rings. The molecule has 5 aliphatic rings. The minimum absolute atomic E-state index is 0.0826. The lowest BCUT2D eigenvalue weighted by Crippen LogP contribution is -2.69. The number of quaternary nitrogens is 1. The van der Waals surface area contributed by atoms with E-state index in [9.17, 15) is 24.6 Å². The van der Waals surface area contributed by atoms with Crippen molar-refractivity contribution >= 4 is 18.2 Å². The minimum atomic E-state index is -1.24. The highest BCUT2D eigenvalue weighted by Crippen LogP contribution is 2.70. The first kappa shape index (κ1) is 25.9. The SMILES string of the molecule is C[C@@]12CC[C@@H]3[C@H](CC[C@]4(O)C[C@H](OC(=O)C[N+](C)(C)C)CC[C@]34C=O)[C@@]1(O)CC[C@H]2C1=CC(=O)OC1. The lowest BCUT2D eigenvalue weighted by molar-refractivity contribution is -0.862. The molecule has 0 aromatic rings. The number of carbonyl (C=O) groups is 3. The fourth-order valence-electron chi connectivity index (χ4n) is 9.03. The quantitative estimate of drug-likeness (QED) is 0.335. The van der Waals surface area contributed by atoms with Crippen molar-refractivity contribution in [3.63, 3.8) is 0 Å². The summed E-state index contributed by atoms with van der Waals surface area (Å²) in [5.74, 6) is -0.725. The average Bonchev–Trinajstić information content (AvgIpc) is 3.31. The molecule has 36 heavy (non-hydrogen) atoms. The van der Waals surface area contributed by atoms with Crippen LogP contribution in [-0.4, -0.2) is 84.5 Å². The van der Waals surface area contributed by atoms with Gasteiger partial charge >= 0.3 is 11.9 Å². The predicted molar refractivity (Wildman–Crippen MR) is 130 cm³/mol. The van der Waals surface area contributed by atoms with Gasteiger partial charge in [0.05, 0.1) is 37.8 Å². The van der Waals surface area contributed by atoms with Crippen LogP contribution >= 0.6 is 0 Å². The first-order valence-corrected chi connectivity index (χ1v) is 13.6. The molecule has 1 aliphatic heterocycles. The number of carbonyl (C=O) groups excluding carboxylic acids is 3. The van der Waals surface area contributed by atoms with Gasteiger partial charge in [-0.2, -0.15) is 0 Å². The van der Waals surface area contributed by atoms with Crippen LogP contribution < -0.4 is 0 Å². The Bertz CT molecular complexity index is 987. The van der Waals surface area contributed by atoms with Crippen molar-refractivity contribution in [1.29, 1.82) is 0 Å². The van der Waals surface area contributed by atoms with Crippen LogP contribution in [0, 0.1) is 28.6 Å². The summed E-state index contributed by atoms with van der Waals surface area (Å²) >= 11 is 0. The molecule has 2 N–H and O–H groups in total. The second-order valence-corrected chi connectivity index (χ2v) is 13.5. The molecular weight excluding hydrogens is 462 g/mol. The first-order valence-electron chi connectivity index (χ1n) is 13.6. The Kier molecular flexibility index (Phi) is 6.01. The van der Waals surface area contributed by atoms with E-state index >= 15 is 0 Å². The Hall–Kier alpha value is -1.77. The number of fused-ring (bicyclic) bond motifs is 5. The highest BCUT2D eigenvalue weighted by Gasteiger charge is 2.71. The summed E-state index contributed by atoms with van der Waals surface area (Å²) in [5.41, 5.74) is -2.57. The molecule has 0 bridgehead atoms. The van der Waals surface area contributed by atoms with E-state index in [0.717, 1.165) is 31.1 Å². The van der Waals surface area contributed by atoms with Gasteiger partial charge in [0, 0.05) is 17.9 Å². The number of nitrogens with zero attached hydrogens (tertiary/aromatic N) is 1. The molecule has 0 amide bonds. The molecule has 0 spiro atoms. The molecular formula is C28H42NO7+. The Morgan fingerprint density at radius 2 is 1.83 bits per heavy atom. The monoisotopic (exact) mass is 504 g/mol. The summed E-state index contributed by atoms with van der Waals surface area (Å²) in [5, 5.41) is 24.3. The molecule has 8 heteroatoms. The molecule has 0 unspecified atom stereocenters. The molecule has 0 saturated heterocycles. The Morgan fingerprint density at radius 3 is 2.47 bits per heavy atom. The van der Waals surface area contributed by atoms with E-state index < -0.39 is 28.1 Å². The normalized spacial score (nSPS) is 46.2. The third-order valence-corrected chi connectivity index (χ3v) is 10.7. The van der Waals surface area contributed by atoms with Crippen molar-refractivity contribution in [3.8, 4) is 0 Å². The van der Waals surface area contributed by atoms with Gasteiger partial charge in [-0.15, -0.1) is 0 Å². The van der Waals surface area contributed by atoms with Crippen LogP contribution in [0.15, 0.2) is 11.6 Å². The lowest BCUT2D eigenvalue weighted by atomic mass is 9.41. The summed E-state index contributed by atoms with van der Waals surface area (Å²) in [6.07, 6.45) is 7.36. The molecule has 1 heterocycles. The maximum atomic E-state index is 12.9. The zero-order chi connectivity index (χ0) is 26.1. The maximum absolute atomic E-state index is 12.9. The molecule has 0 radical (unpaired) electrons. The highest BCUT2D eigenvalue weighted by molar-refractivity contribution is 5.85. The van der Waals surface area contributed by atoms with E-state index in [1.807, 2.05) is 21.1 Å². The van der Waals surface area contributed by atoms with E-state index in [4.69, 9.17) is 9.47 Å². The Morgan fingerprint density at radius 1 is 1.11 bits per heavy atom. The molecule has 200 valence electrons. The van der Waals surface area contributed by atoms with Crippen LogP contribution in [0.3, 0.4) is 0 Å². The first-order chi connectivity index (χ1) is 16.8. The number of ether oxygens (including phenoxy) is 2. The molecule has 0 aromatic heterocycles. The summed E-state index contributed by atoms with van der Waals surface area (Å²) in [6, 6.07) is 0. The van der Waals surface area contributed by atoms with E-state index in [0.29, 0.717) is 43.2 Å². The van der Waals surface area contributed by atoms with Crippen molar-refractivity contribution in [1.82, 2.24) is 0 Å². The van der Waals surface area contributed by atoms with Crippen LogP contribution in [0.25, 0.3) is 0 Å². The van der Waals surface area contributed by atoms with E-state index in [-0.39, 0.29) is 42.7 Å². The molecule has 0 aromatic carbocycles. The molecule has 4 aliphatic carbocycles. The summed E-state index contributed by atoms with van der Waals surface area (Å²) in [7, 11) is 5.78. The van der Waals surface area contributed by atoms with Crippen molar-refractivity contribution in [2.45, 2.75) is 82.0 Å². The van der Waals surface area contributed by atoms with Crippen molar-refractivity contribution in [3.05, 3.63) is 11.6 Å². The van der Waals surface area contributed by atoms with Gasteiger partial charge in [0.2, 0.25) is 0 Å². The fourth-order valence-corrected chi connectivity index (χ4v) is 9.03. The van der Waals surface area contributed by atoms with Crippen LogP contribution in [0.5, 0.6) is 0 Å². The van der Waals surface area contributed by atoms with E-state index in [1.165, 1.54) is 0 Å². The average molecular weight is 505 g/mol. The van der Waals surface area contributed by atoms with Gasteiger partial charge in [0.25, 0.3) is 0 Å². The number of esters is 2. The number of aliphatic hydroxyl groups is 2. The lowest BCUT2D eigenvalue weighted by Gasteiger charge is -2.65. The molecule has 8 atom stereocenters. The van der Waals surface area contributed by atoms with Gasteiger partial charge < -0.3 is 29.0 Å². The number of cyclic esters (lactones) is 1. The maximum Gasteiger partial charge on any atom is 0.362 e. The zero-order valence-corrected chi connectivity index (χ0v) is 22.1.